The lowest BCUT2D eigenvalue weighted by Crippen LogP contribution is -2.30. The highest BCUT2D eigenvalue weighted by Crippen LogP contribution is 2.21. The van der Waals surface area contributed by atoms with Crippen LogP contribution in [-0.2, 0) is 9.84 Å². The molecule has 6 heteroatoms. The Bertz CT molecular complexity index is 708. The highest BCUT2D eigenvalue weighted by molar-refractivity contribution is 7.90. The summed E-state index contributed by atoms with van der Waals surface area (Å²) in [5.74, 6) is 0.559. The van der Waals surface area contributed by atoms with Gasteiger partial charge < -0.3 is 14.8 Å². The van der Waals surface area contributed by atoms with Gasteiger partial charge in [0, 0.05) is 18.3 Å². The summed E-state index contributed by atoms with van der Waals surface area (Å²) in [7, 11) is -3.17. The van der Waals surface area contributed by atoms with E-state index in [0.29, 0.717) is 17.1 Å². The van der Waals surface area contributed by atoms with Crippen LogP contribution in [0.2, 0.25) is 0 Å². The minimum absolute atomic E-state index is 0.0439. The van der Waals surface area contributed by atoms with Gasteiger partial charge in [-0.3, -0.25) is 0 Å². The number of nitrogens with one attached hydrogen (secondary N) is 1. The third-order valence-electron chi connectivity index (χ3n) is 3.79. The van der Waals surface area contributed by atoms with Crippen molar-refractivity contribution in [2.45, 2.75) is 43.4 Å². The van der Waals surface area contributed by atoms with Gasteiger partial charge in [-0.05, 0) is 50.1 Å². The number of furan rings is 1. The molecule has 2 rings (SSSR count). The van der Waals surface area contributed by atoms with Gasteiger partial charge in [-0.15, -0.1) is 0 Å². The van der Waals surface area contributed by atoms with E-state index in [1.165, 1.54) is 6.26 Å². The third-order valence-corrected chi connectivity index (χ3v) is 4.92. The minimum atomic E-state index is -3.17. The molecular formula is C17H23NO4S. The summed E-state index contributed by atoms with van der Waals surface area (Å²) < 4.78 is 28.1. The van der Waals surface area contributed by atoms with Crippen LogP contribution < -0.4 is 5.32 Å². The van der Waals surface area contributed by atoms with Gasteiger partial charge in [-0.1, -0.05) is 12.1 Å². The van der Waals surface area contributed by atoms with Crippen molar-refractivity contribution in [1.29, 1.82) is 0 Å². The maximum Gasteiger partial charge on any atom is 0.175 e. The molecule has 0 fully saturated rings. The van der Waals surface area contributed by atoms with E-state index in [9.17, 15) is 13.5 Å². The zero-order valence-electron chi connectivity index (χ0n) is 13.6. The second-order valence-corrected chi connectivity index (χ2v) is 7.91. The van der Waals surface area contributed by atoms with Gasteiger partial charge in [0.15, 0.2) is 9.84 Å². The van der Waals surface area contributed by atoms with E-state index in [2.05, 4.69) is 5.32 Å². The van der Waals surface area contributed by atoms with Gasteiger partial charge in [0.2, 0.25) is 0 Å². The zero-order valence-corrected chi connectivity index (χ0v) is 14.4. The molecule has 5 nitrogen and oxygen atoms in total. The Hall–Kier alpha value is -1.63. The number of hydrogen-bond donors (Lipinski definition) is 2. The van der Waals surface area contributed by atoms with Crippen molar-refractivity contribution in [2.75, 3.05) is 6.26 Å². The van der Waals surface area contributed by atoms with E-state index in [1.807, 2.05) is 26.0 Å². The van der Waals surface area contributed by atoms with Gasteiger partial charge >= 0.3 is 0 Å². The predicted octanol–water partition coefficient (Wildman–Crippen LogP) is 2.85. The minimum Gasteiger partial charge on any atom is -0.467 e. The Morgan fingerprint density at radius 3 is 2.35 bits per heavy atom. The molecule has 0 aliphatic heterocycles. The first-order valence-corrected chi connectivity index (χ1v) is 9.44. The van der Waals surface area contributed by atoms with E-state index in [4.69, 9.17) is 4.42 Å². The number of hydrogen-bond acceptors (Lipinski definition) is 5. The van der Waals surface area contributed by atoms with Gasteiger partial charge in [0.1, 0.15) is 11.9 Å². The largest absolute Gasteiger partial charge is 0.467 e. The van der Waals surface area contributed by atoms with E-state index in [0.717, 1.165) is 5.56 Å². The molecule has 2 N–H and O–H groups in total. The first-order valence-electron chi connectivity index (χ1n) is 7.55. The number of aliphatic hydroxyl groups is 1. The Kier molecular flexibility index (Phi) is 5.62. The van der Waals surface area contributed by atoms with Crippen LogP contribution in [0.25, 0.3) is 0 Å². The normalized spacial score (nSPS) is 16.0. The number of rotatable bonds is 7. The van der Waals surface area contributed by atoms with E-state index < -0.39 is 15.9 Å². The maximum absolute atomic E-state index is 11.5. The molecule has 0 radical (unpaired) electrons. The highest BCUT2D eigenvalue weighted by atomic mass is 32.2. The van der Waals surface area contributed by atoms with Crippen molar-refractivity contribution in [3.8, 4) is 0 Å². The predicted molar refractivity (Wildman–Crippen MR) is 88.8 cm³/mol. The average molecular weight is 337 g/mol. The fourth-order valence-electron chi connectivity index (χ4n) is 2.53. The molecule has 23 heavy (non-hydrogen) atoms. The quantitative estimate of drug-likeness (QED) is 0.812. The summed E-state index contributed by atoms with van der Waals surface area (Å²) in [6.07, 6.45) is 2.62. The molecule has 1 aromatic heterocycles. The van der Waals surface area contributed by atoms with Gasteiger partial charge in [-0.2, -0.15) is 0 Å². The van der Waals surface area contributed by atoms with Crippen LogP contribution >= 0.6 is 0 Å². The second kappa shape index (κ2) is 7.29. The van der Waals surface area contributed by atoms with Crippen LogP contribution in [0.3, 0.4) is 0 Å². The molecule has 0 saturated heterocycles. The molecule has 0 amide bonds. The molecule has 0 spiro atoms. The number of benzene rings is 1. The summed E-state index contributed by atoms with van der Waals surface area (Å²) in [6.45, 7) is 4.00. The maximum atomic E-state index is 11.5. The topological polar surface area (TPSA) is 79.5 Å². The molecule has 1 aromatic carbocycles. The standard InChI is InChI=1S/C17H23NO4S/c1-12(11-16(19)17-5-4-10-22-17)18-13(2)14-6-8-15(9-7-14)23(3,20)21/h4-10,12-13,16,18-19H,11H2,1-3H3. The van der Waals surface area contributed by atoms with Crippen molar-refractivity contribution in [3.63, 3.8) is 0 Å². The van der Waals surface area contributed by atoms with Crippen molar-refractivity contribution < 1.29 is 17.9 Å². The summed E-state index contributed by atoms with van der Waals surface area (Å²) in [4.78, 5) is 0.315. The van der Waals surface area contributed by atoms with Gasteiger partial charge in [0.25, 0.3) is 0 Å². The Balaban J connectivity index is 1.94. The first-order chi connectivity index (χ1) is 10.8. The van der Waals surface area contributed by atoms with E-state index in [1.54, 1.807) is 30.5 Å². The van der Waals surface area contributed by atoms with E-state index in [-0.39, 0.29) is 12.1 Å². The van der Waals surface area contributed by atoms with Gasteiger partial charge in [0.05, 0.1) is 11.2 Å². The lowest BCUT2D eigenvalue weighted by atomic mass is 10.0. The van der Waals surface area contributed by atoms with Crippen LogP contribution in [0.4, 0.5) is 0 Å². The molecule has 0 saturated carbocycles. The van der Waals surface area contributed by atoms with E-state index >= 15 is 0 Å². The molecule has 126 valence electrons. The monoisotopic (exact) mass is 337 g/mol. The third kappa shape index (κ3) is 4.92. The average Bonchev–Trinajstić information content (AvgIpc) is 3.00. The molecule has 2 aromatic rings. The molecule has 0 aliphatic carbocycles. The Morgan fingerprint density at radius 2 is 1.83 bits per heavy atom. The molecule has 1 heterocycles. The second-order valence-electron chi connectivity index (χ2n) is 5.90. The molecule has 0 bridgehead atoms. The zero-order chi connectivity index (χ0) is 17.0. The summed E-state index contributed by atoms with van der Waals surface area (Å²) in [5, 5.41) is 13.5. The number of aliphatic hydroxyl groups excluding tert-OH is 1. The van der Waals surface area contributed by atoms with Crippen LogP contribution in [0.5, 0.6) is 0 Å². The van der Waals surface area contributed by atoms with Gasteiger partial charge in [-0.25, -0.2) is 8.42 Å². The summed E-state index contributed by atoms with van der Waals surface area (Å²) in [6, 6.07) is 10.5. The van der Waals surface area contributed by atoms with Crippen molar-refractivity contribution in [2.24, 2.45) is 0 Å². The fraction of sp³-hybridized carbons (Fsp3) is 0.412. The van der Waals surface area contributed by atoms with Crippen LogP contribution in [0, 0.1) is 0 Å². The van der Waals surface area contributed by atoms with Crippen LogP contribution in [0.1, 0.15) is 43.7 Å². The summed E-state index contributed by atoms with van der Waals surface area (Å²) >= 11 is 0. The molecule has 0 aliphatic rings. The Labute approximate surface area is 137 Å². The smallest absolute Gasteiger partial charge is 0.175 e. The van der Waals surface area contributed by atoms with Crippen LogP contribution in [0.15, 0.2) is 52.0 Å². The van der Waals surface area contributed by atoms with Crippen molar-refractivity contribution in [1.82, 2.24) is 5.32 Å². The molecule has 3 atom stereocenters. The fourth-order valence-corrected chi connectivity index (χ4v) is 3.16. The SMILES string of the molecule is CC(CC(O)c1ccco1)NC(C)c1ccc(S(C)(=O)=O)cc1. The molecular weight excluding hydrogens is 314 g/mol. The molecule has 3 unspecified atom stereocenters. The lowest BCUT2D eigenvalue weighted by Gasteiger charge is -2.22. The van der Waals surface area contributed by atoms with Crippen LogP contribution in [-0.4, -0.2) is 25.8 Å². The highest BCUT2D eigenvalue weighted by Gasteiger charge is 2.17. The summed E-state index contributed by atoms with van der Waals surface area (Å²) in [5.41, 5.74) is 0.997. The lowest BCUT2D eigenvalue weighted by molar-refractivity contribution is 0.127. The van der Waals surface area contributed by atoms with Crippen molar-refractivity contribution >= 4 is 9.84 Å². The van der Waals surface area contributed by atoms with Crippen molar-refractivity contribution in [3.05, 3.63) is 54.0 Å². The number of sulfone groups is 1. The Morgan fingerprint density at radius 1 is 1.17 bits per heavy atom. The first kappa shape index (κ1) is 17.7.